The first kappa shape index (κ1) is 8.02. The second-order valence-electron chi connectivity index (χ2n) is 2.08. The Morgan fingerprint density at radius 2 is 2.09 bits per heavy atom. The summed E-state index contributed by atoms with van der Waals surface area (Å²) in [6, 6.07) is 7.10. The summed E-state index contributed by atoms with van der Waals surface area (Å²) in [5.74, 6) is 0. The molecule has 4 heteroatoms. The number of rotatable bonds is 1. The zero-order valence-corrected chi connectivity index (χ0v) is 7.03. The van der Waals surface area contributed by atoms with Gasteiger partial charge >= 0.3 is 0 Å². The Bertz CT molecular complexity index is 275. The molecule has 3 N–H and O–H groups in total. The van der Waals surface area contributed by atoms with E-state index in [2.05, 4.69) is 5.32 Å². The lowest BCUT2D eigenvalue weighted by molar-refractivity contribution is 0.269. The van der Waals surface area contributed by atoms with Crippen LogP contribution in [0.3, 0.4) is 0 Å². The number of nitrogens with one attached hydrogen (secondary N) is 1. The van der Waals surface area contributed by atoms with Gasteiger partial charge in [0.15, 0.2) is 0 Å². The molecule has 11 heavy (non-hydrogen) atoms. The average Bonchev–Trinajstić information content (AvgIpc) is 1.93. The molecule has 1 rings (SSSR count). The van der Waals surface area contributed by atoms with Gasteiger partial charge in [-0.05, 0) is 21.4 Å². The predicted octanol–water partition coefficient (Wildman–Crippen LogP) is 1.68. The van der Waals surface area contributed by atoms with Crippen molar-refractivity contribution >= 4 is 26.3 Å². The minimum atomic E-state index is -0.192. The number of anilines is 2. The van der Waals surface area contributed by atoms with Crippen LogP contribution in [0.25, 0.3) is 0 Å². The van der Waals surface area contributed by atoms with Crippen molar-refractivity contribution in [2.45, 2.75) is 0 Å². The van der Waals surface area contributed by atoms with Crippen LogP contribution >= 0.6 is 9.24 Å². The van der Waals surface area contributed by atoms with Gasteiger partial charge in [0.2, 0.25) is 5.65 Å². The minimum Gasteiger partial charge on any atom is -0.397 e. The molecule has 0 saturated heterocycles. The fraction of sp³-hybridized carbons (Fsp3) is 0. The summed E-state index contributed by atoms with van der Waals surface area (Å²) in [5, 5.41) is 2.57. The van der Waals surface area contributed by atoms with Crippen molar-refractivity contribution < 1.29 is 4.79 Å². The SMILES string of the molecule is Nc1ccccc1NC(=O)P. The molecule has 0 heterocycles. The van der Waals surface area contributed by atoms with E-state index >= 15 is 0 Å². The Labute approximate surface area is 67.2 Å². The van der Waals surface area contributed by atoms with Crippen molar-refractivity contribution in [2.75, 3.05) is 11.1 Å². The number of hydrogen-bond acceptors (Lipinski definition) is 2. The van der Waals surface area contributed by atoms with E-state index in [4.69, 9.17) is 5.73 Å². The molecule has 0 bridgehead atoms. The van der Waals surface area contributed by atoms with Gasteiger partial charge in [-0.25, -0.2) is 0 Å². The summed E-state index contributed by atoms with van der Waals surface area (Å²) in [6.45, 7) is 0. The van der Waals surface area contributed by atoms with Crippen molar-refractivity contribution in [2.24, 2.45) is 0 Å². The van der Waals surface area contributed by atoms with Gasteiger partial charge in [0.25, 0.3) is 0 Å². The normalized spacial score (nSPS) is 9.18. The number of carbonyl (C=O) groups excluding carboxylic acids is 1. The number of nitrogen functional groups attached to an aromatic ring is 1. The van der Waals surface area contributed by atoms with E-state index in [9.17, 15) is 4.79 Å². The van der Waals surface area contributed by atoms with E-state index in [1.807, 2.05) is 21.4 Å². The molecule has 0 saturated carbocycles. The standard InChI is InChI=1S/C7H9N2OP/c8-5-3-1-2-4-6(5)9-7(10)11/h1-4H,8,11H2,(H,9,10). The van der Waals surface area contributed by atoms with Gasteiger partial charge in [-0.15, -0.1) is 0 Å². The zero-order chi connectivity index (χ0) is 8.27. The summed E-state index contributed by atoms with van der Waals surface area (Å²) >= 11 is 0. The van der Waals surface area contributed by atoms with Crippen LogP contribution in [0.1, 0.15) is 0 Å². The van der Waals surface area contributed by atoms with Crippen LogP contribution in [-0.4, -0.2) is 5.65 Å². The number of para-hydroxylation sites is 2. The number of benzene rings is 1. The lowest BCUT2D eigenvalue weighted by atomic mass is 10.3. The molecule has 1 atom stereocenters. The van der Waals surface area contributed by atoms with Crippen molar-refractivity contribution in [1.29, 1.82) is 0 Å². The summed E-state index contributed by atoms with van der Waals surface area (Å²) in [6.07, 6.45) is 0. The highest BCUT2D eigenvalue weighted by Gasteiger charge is 1.97. The maximum Gasteiger partial charge on any atom is 0.239 e. The third kappa shape index (κ3) is 2.20. The summed E-state index contributed by atoms with van der Waals surface area (Å²) in [7, 11) is 2.02. The average molecular weight is 168 g/mol. The first-order valence-electron chi connectivity index (χ1n) is 3.11. The third-order valence-corrected chi connectivity index (χ3v) is 1.36. The smallest absolute Gasteiger partial charge is 0.239 e. The van der Waals surface area contributed by atoms with Crippen molar-refractivity contribution in [3.63, 3.8) is 0 Å². The molecule has 3 nitrogen and oxygen atoms in total. The Morgan fingerprint density at radius 3 is 2.64 bits per heavy atom. The molecule has 1 unspecified atom stereocenters. The molecule has 0 radical (unpaired) electrons. The van der Waals surface area contributed by atoms with Crippen LogP contribution in [0.4, 0.5) is 16.2 Å². The summed E-state index contributed by atoms with van der Waals surface area (Å²) in [4.78, 5) is 10.6. The lowest BCUT2D eigenvalue weighted by Gasteiger charge is -2.03. The maximum absolute atomic E-state index is 10.6. The summed E-state index contributed by atoms with van der Waals surface area (Å²) in [5.41, 5.74) is 6.57. The molecule has 0 fully saturated rings. The van der Waals surface area contributed by atoms with E-state index in [1.54, 1.807) is 12.1 Å². The van der Waals surface area contributed by atoms with Gasteiger partial charge in [-0.3, -0.25) is 4.79 Å². The Balaban J connectivity index is 2.86. The van der Waals surface area contributed by atoms with Crippen LogP contribution in [0, 0.1) is 0 Å². The van der Waals surface area contributed by atoms with Crippen LogP contribution in [0.15, 0.2) is 24.3 Å². The Hall–Kier alpha value is -1.08. The van der Waals surface area contributed by atoms with Gasteiger partial charge in [0.1, 0.15) is 0 Å². The van der Waals surface area contributed by atoms with E-state index in [-0.39, 0.29) is 5.65 Å². The third-order valence-electron chi connectivity index (χ3n) is 1.22. The highest BCUT2D eigenvalue weighted by molar-refractivity contribution is 7.40. The first-order chi connectivity index (χ1) is 5.20. The highest BCUT2D eigenvalue weighted by atomic mass is 31.0. The molecular formula is C7H9N2OP. The van der Waals surface area contributed by atoms with Crippen LogP contribution in [0.2, 0.25) is 0 Å². The number of amides is 1. The molecule has 0 aliphatic rings. The molecule has 1 amide bonds. The minimum absolute atomic E-state index is 0.192. The highest BCUT2D eigenvalue weighted by Crippen LogP contribution is 2.17. The Kier molecular flexibility index (Phi) is 2.44. The van der Waals surface area contributed by atoms with Gasteiger partial charge in [0.05, 0.1) is 11.4 Å². The molecule has 0 aromatic heterocycles. The molecule has 0 aliphatic heterocycles. The molecule has 0 spiro atoms. The fourth-order valence-corrected chi connectivity index (χ4v) is 0.899. The predicted molar refractivity (Wildman–Crippen MR) is 49.6 cm³/mol. The Morgan fingerprint density at radius 1 is 1.45 bits per heavy atom. The second kappa shape index (κ2) is 3.35. The number of hydrogen-bond donors (Lipinski definition) is 2. The van der Waals surface area contributed by atoms with Crippen molar-refractivity contribution in [1.82, 2.24) is 0 Å². The first-order valence-corrected chi connectivity index (χ1v) is 3.69. The number of nitrogens with two attached hydrogens (primary N) is 1. The molecule has 58 valence electrons. The van der Waals surface area contributed by atoms with Crippen LogP contribution in [0.5, 0.6) is 0 Å². The molecule has 1 aromatic rings. The van der Waals surface area contributed by atoms with E-state index in [1.165, 1.54) is 0 Å². The van der Waals surface area contributed by atoms with Gasteiger partial charge in [0, 0.05) is 0 Å². The maximum atomic E-state index is 10.6. The monoisotopic (exact) mass is 168 g/mol. The fourth-order valence-electron chi connectivity index (χ4n) is 0.744. The quantitative estimate of drug-likeness (QED) is 0.495. The molecule has 1 aromatic carbocycles. The van der Waals surface area contributed by atoms with Gasteiger partial charge in [-0.2, -0.15) is 0 Å². The van der Waals surface area contributed by atoms with E-state index in [0.717, 1.165) is 0 Å². The molecule has 0 aliphatic carbocycles. The van der Waals surface area contributed by atoms with E-state index < -0.39 is 0 Å². The number of carbonyl (C=O) groups is 1. The van der Waals surface area contributed by atoms with Crippen molar-refractivity contribution in [3.05, 3.63) is 24.3 Å². The van der Waals surface area contributed by atoms with Crippen LogP contribution < -0.4 is 11.1 Å². The van der Waals surface area contributed by atoms with Crippen molar-refractivity contribution in [3.8, 4) is 0 Å². The van der Waals surface area contributed by atoms with Crippen LogP contribution in [-0.2, 0) is 0 Å². The molecular weight excluding hydrogens is 159 g/mol. The zero-order valence-electron chi connectivity index (χ0n) is 5.87. The largest absolute Gasteiger partial charge is 0.397 e. The lowest BCUT2D eigenvalue weighted by Crippen LogP contribution is -2.02. The summed E-state index contributed by atoms with van der Waals surface area (Å²) < 4.78 is 0. The van der Waals surface area contributed by atoms with Gasteiger partial charge in [-0.1, -0.05) is 12.1 Å². The second-order valence-corrected chi connectivity index (χ2v) is 2.60. The van der Waals surface area contributed by atoms with E-state index in [0.29, 0.717) is 11.4 Å². The topological polar surface area (TPSA) is 55.1 Å². The van der Waals surface area contributed by atoms with Gasteiger partial charge < -0.3 is 11.1 Å².